The second-order valence-corrected chi connectivity index (χ2v) is 5.65. The summed E-state index contributed by atoms with van der Waals surface area (Å²) in [5.41, 5.74) is 3.61. The molecule has 0 saturated carbocycles. The Morgan fingerprint density at radius 3 is 2.38 bits per heavy atom. The van der Waals surface area contributed by atoms with Gasteiger partial charge in [-0.2, -0.15) is 10.5 Å². The van der Waals surface area contributed by atoms with Crippen LogP contribution in [-0.4, -0.2) is 6.54 Å². The fourth-order valence-electron chi connectivity index (χ4n) is 3.71. The van der Waals surface area contributed by atoms with Crippen LogP contribution in [0.3, 0.4) is 0 Å². The van der Waals surface area contributed by atoms with Crippen molar-refractivity contribution in [2.75, 3.05) is 11.4 Å². The first-order chi connectivity index (χ1) is 10.3. The molecule has 2 aliphatic rings. The molecule has 3 heteroatoms. The molecule has 1 unspecified atom stereocenters. The topological polar surface area (TPSA) is 50.8 Å². The van der Waals surface area contributed by atoms with Crippen LogP contribution >= 0.6 is 0 Å². The summed E-state index contributed by atoms with van der Waals surface area (Å²) in [6.07, 6.45) is 0.591. The van der Waals surface area contributed by atoms with Crippen LogP contribution in [0.2, 0.25) is 0 Å². The number of hydrogen-bond acceptors (Lipinski definition) is 3. The molecule has 2 aromatic rings. The Morgan fingerprint density at radius 1 is 0.952 bits per heavy atom. The maximum Gasteiger partial charge on any atom is 0.169 e. The van der Waals surface area contributed by atoms with Crippen LogP contribution < -0.4 is 4.90 Å². The molecule has 4 rings (SSSR count). The monoisotopic (exact) mass is 271 g/mol. The summed E-state index contributed by atoms with van der Waals surface area (Å²) in [6.45, 7) is 0.747. The lowest BCUT2D eigenvalue weighted by atomic mass is 9.76. The Kier molecular flexibility index (Phi) is 2.35. The number of anilines is 1. The number of nitriles is 2. The van der Waals surface area contributed by atoms with Crippen molar-refractivity contribution < 1.29 is 0 Å². The lowest BCUT2D eigenvalue weighted by Gasteiger charge is -2.38. The smallest absolute Gasteiger partial charge is 0.169 e. The summed E-state index contributed by atoms with van der Waals surface area (Å²) in [5.74, 6) is 0. The van der Waals surface area contributed by atoms with Crippen LogP contribution in [-0.2, 0) is 0 Å². The standard InChI is InChI=1S/C18H13N3/c19-11-18(12-20)9-10-21-16-8-4-3-6-14(16)13-5-1-2-7-15(13)17(18)21/h1-8,17H,9-10H2. The highest BCUT2D eigenvalue weighted by atomic mass is 15.2. The number of fused-ring (bicyclic) bond motifs is 6. The van der Waals surface area contributed by atoms with Gasteiger partial charge in [0, 0.05) is 17.8 Å². The maximum absolute atomic E-state index is 9.63. The van der Waals surface area contributed by atoms with E-state index in [4.69, 9.17) is 0 Å². The minimum Gasteiger partial charge on any atom is -0.361 e. The van der Waals surface area contributed by atoms with E-state index in [-0.39, 0.29) is 6.04 Å². The molecule has 1 fully saturated rings. The van der Waals surface area contributed by atoms with Gasteiger partial charge in [0.25, 0.3) is 0 Å². The Morgan fingerprint density at radius 2 is 1.62 bits per heavy atom. The highest BCUT2D eigenvalue weighted by Gasteiger charge is 2.52. The molecule has 2 aliphatic heterocycles. The Hall–Kier alpha value is -2.78. The van der Waals surface area contributed by atoms with E-state index in [2.05, 4.69) is 41.3 Å². The Balaban J connectivity index is 2.04. The van der Waals surface area contributed by atoms with Gasteiger partial charge < -0.3 is 4.90 Å². The fourth-order valence-corrected chi connectivity index (χ4v) is 3.71. The van der Waals surface area contributed by atoms with Crippen molar-refractivity contribution in [2.45, 2.75) is 12.5 Å². The number of nitrogens with zero attached hydrogens (tertiary/aromatic N) is 3. The van der Waals surface area contributed by atoms with Crippen LogP contribution in [0.4, 0.5) is 5.69 Å². The molecule has 21 heavy (non-hydrogen) atoms. The van der Waals surface area contributed by atoms with Gasteiger partial charge in [-0.05, 0) is 23.6 Å². The Labute approximate surface area is 123 Å². The molecule has 0 bridgehead atoms. The predicted octanol–water partition coefficient (Wildman–Crippen LogP) is 3.65. The van der Waals surface area contributed by atoms with Gasteiger partial charge in [-0.15, -0.1) is 0 Å². The Bertz CT molecular complexity index is 796. The van der Waals surface area contributed by atoms with E-state index < -0.39 is 5.41 Å². The average Bonchev–Trinajstić information content (AvgIpc) is 2.96. The second kappa shape index (κ2) is 4.11. The predicted molar refractivity (Wildman–Crippen MR) is 80.2 cm³/mol. The summed E-state index contributed by atoms with van der Waals surface area (Å²) in [4.78, 5) is 2.23. The highest BCUT2D eigenvalue weighted by molar-refractivity contribution is 5.85. The van der Waals surface area contributed by atoms with E-state index >= 15 is 0 Å². The van der Waals surface area contributed by atoms with Crippen molar-refractivity contribution in [1.29, 1.82) is 10.5 Å². The maximum atomic E-state index is 9.63. The average molecular weight is 271 g/mol. The fraction of sp³-hybridized carbons (Fsp3) is 0.222. The SMILES string of the molecule is N#CC1(C#N)CCN2c3ccccc3-c3ccccc3C21. The third kappa shape index (κ3) is 1.41. The van der Waals surface area contributed by atoms with E-state index in [1.165, 1.54) is 5.56 Å². The lowest BCUT2D eigenvalue weighted by molar-refractivity contribution is 0.475. The third-order valence-corrected chi connectivity index (χ3v) is 4.68. The molecule has 0 N–H and O–H groups in total. The normalized spacial score (nSPS) is 20.7. The zero-order chi connectivity index (χ0) is 14.4. The van der Waals surface area contributed by atoms with Gasteiger partial charge in [-0.3, -0.25) is 0 Å². The zero-order valence-electron chi connectivity index (χ0n) is 11.5. The summed E-state index contributed by atoms with van der Waals surface area (Å²) in [5, 5.41) is 19.3. The number of hydrogen-bond donors (Lipinski definition) is 0. The van der Waals surface area contributed by atoms with Crippen molar-refractivity contribution in [2.24, 2.45) is 5.41 Å². The molecule has 0 aromatic heterocycles. The van der Waals surface area contributed by atoms with Gasteiger partial charge >= 0.3 is 0 Å². The molecule has 0 spiro atoms. The van der Waals surface area contributed by atoms with Crippen molar-refractivity contribution in [3.05, 3.63) is 54.1 Å². The van der Waals surface area contributed by atoms with Crippen LogP contribution in [0.25, 0.3) is 11.1 Å². The van der Waals surface area contributed by atoms with Crippen molar-refractivity contribution >= 4 is 5.69 Å². The first-order valence-electron chi connectivity index (χ1n) is 7.08. The first-order valence-corrected chi connectivity index (χ1v) is 7.08. The molecule has 2 heterocycles. The highest BCUT2D eigenvalue weighted by Crippen LogP contribution is 2.55. The largest absolute Gasteiger partial charge is 0.361 e. The van der Waals surface area contributed by atoms with Crippen molar-refractivity contribution in [3.8, 4) is 23.3 Å². The summed E-state index contributed by atoms with van der Waals surface area (Å²) in [6, 6.07) is 20.8. The van der Waals surface area contributed by atoms with Crippen LogP contribution in [0, 0.1) is 28.1 Å². The third-order valence-electron chi connectivity index (χ3n) is 4.68. The van der Waals surface area contributed by atoms with E-state index in [9.17, 15) is 10.5 Å². The molecule has 0 aliphatic carbocycles. The minimum absolute atomic E-state index is 0.168. The zero-order valence-corrected chi connectivity index (χ0v) is 11.5. The molecular weight excluding hydrogens is 258 g/mol. The minimum atomic E-state index is -0.955. The molecule has 2 aromatic carbocycles. The van der Waals surface area contributed by atoms with E-state index in [0.29, 0.717) is 6.42 Å². The van der Waals surface area contributed by atoms with E-state index in [1.54, 1.807) is 0 Å². The quantitative estimate of drug-likeness (QED) is 0.734. The molecule has 3 nitrogen and oxygen atoms in total. The van der Waals surface area contributed by atoms with E-state index in [1.807, 2.05) is 24.3 Å². The van der Waals surface area contributed by atoms with Crippen molar-refractivity contribution in [3.63, 3.8) is 0 Å². The molecule has 1 atom stereocenters. The van der Waals surface area contributed by atoms with E-state index in [0.717, 1.165) is 23.4 Å². The molecule has 1 saturated heterocycles. The summed E-state index contributed by atoms with van der Waals surface area (Å²) < 4.78 is 0. The van der Waals surface area contributed by atoms with Gasteiger partial charge in [-0.25, -0.2) is 0 Å². The second-order valence-electron chi connectivity index (χ2n) is 5.65. The lowest BCUT2D eigenvalue weighted by Crippen LogP contribution is -2.33. The molecule has 100 valence electrons. The number of benzene rings is 2. The van der Waals surface area contributed by atoms with Gasteiger partial charge in [0.2, 0.25) is 0 Å². The molecular formula is C18H13N3. The van der Waals surface area contributed by atoms with Crippen LogP contribution in [0.15, 0.2) is 48.5 Å². The van der Waals surface area contributed by atoms with Gasteiger partial charge in [-0.1, -0.05) is 42.5 Å². The van der Waals surface area contributed by atoms with Gasteiger partial charge in [0.15, 0.2) is 5.41 Å². The number of para-hydroxylation sites is 1. The van der Waals surface area contributed by atoms with Gasteiger partial charge in [0.1, 0.15) is 0 Å². The van der Waals surface area contributed by atoms with Crippen LogP contribution in [0.1, 0.15) is 18.0 Å². The summed E-state index contributed by atoms with van der Waals surface area (Å²) >= 11 is 0. The first kappa shape index (κ1) is 12.0. The molecule has 0 amide bonds. The molecule has 0 radical (unpaired) electrons. The van der Waals surface area contributed by atoms with Crippen molar-refractivity contribution in [1.82, 2.24) is 0 Å². The van der Waals surface area contributed by atoms with Crippen LogP contribution in [0.5, 0.6) is 0 Å². The summed E-state index contributed by atoms with van der Waals surface area (Å²) in [7, 11) is 0. The number of rotatable bonds is 0. The van der Waals surface area contributed by atoms with Gasteiger partial charge in [0.05, 0.1) is 18.2 Å².